The Kier molecular flexibility index (Phi) is 8.99. The van der Waals surface area contributed by atoms with Gasteiger partial charge >= 0.3 is 5.97 Å². The fourth-order valence-corrected chi connectivity index (χ4v) is 3.77. The molecule has 29 heavy (non-hydrogen) atoms. The molecule has 0 unspecified atom stereocenters. The summed E-state index contributed by atoms with van der Waals surface area (Å²) in [5.74, 6) is -0.109. The lowest BCUT2D eigenvalue weighted by molar-refractivity contribution is -0.145. The molecule has 1 heterocycles. The van der Waals surface area contributed by atoms with Gasteiger partial charge in [-0.3, -0.25) is 14.5 Å². The first-order valence-electron chi connectivity index (χ1n) is 8.81. The summed E-state index contributed by atoms with van der Waals surface area (Å²) >= 11 is 4.31. The Morgan fingerprint density at radius 3 is 2.66 bits per heavy atom. The number of rotatable bonds is 10. The number of carbonyl (C=O) groups is 3. The summed E-state index contributed by atoms with van der Waals surface area (Å²) in [7, 11) is 3.03. The number of amides is 2. The predicted molar refractivity (Wildman–Crippen MR) is 112 cm³/mol. The molecule has 0 atom stereocenters. The van der Waals surface area contributed by atoms with Gasteiger partial charge in [0.15, 0.2) is 18.1 Å². The first-order chi connectivity index (χ1) is 13.9. The molecule has 1 aromatic carbocycles. The maximum atomic E-state index is 12.5. The van der Waals surface area contributed by atoms with E-state index in [1.54, 1.807) is 32.2 Å². The Labute approximate surface area is 181 Å². The first-order valence-corrected chi connectivity index (χ1v) is 10.4. The summed E-state index contributed by atoms with van der Waals surface area (Å²) in [6.45, 7) is 2.50. The van der Waals surface area contributed by atoms with E-state index < -0.39 is 5.97 Å². The monoisotopic (exact) mass is 487 g/mol. The van der Waals surface area contributed by atoms with E-state index in [2.05, 4.69) is 15.9 Å². The lowest BCUT2D eigenvalue weighted by Crippen LogP contribution is -2.29. The highest BCUT2D eigenvalue weighted by Gasteiger charge is 2.34. The summed E-state index contributed by atoms with van der Waals surface area (Å²) in [6, 6.07) is 3.29. The molecule has 10 heteroatoms. The Hall–Kier alpha value is -2.04. The smallest absolute Gasteiger partial charge is 0.344 e. The molecule has 1 aliphatic heterocycles. The second-order valence-corrected chi connectivity index (χ2v) is 7.65. The maximum Gasteiger partial charge on any atom is 0.344 e. The number of nitrogens with zero attached hydrogens (tertiary/aromatic N) is 1. The normalized spacial score (nSPS) is 15.2. The number of esters is 1. The van der Waals surface area contributed by atoms with Crippen LogP contribution in [0.15, 0.2) is 21.5 Å². The fourth-order valence-electron chi connectivity index (χ4n) is 2.47. The zero-order chi connectivity index (χ0) is 21.4. The Morgan fingerprint density at radius 2 is 2.00 bits per heavy atom. The van der Waals surface area contributed by atoms with E-state index in [1.165, 1.54) is 12.0 Å². The lowest BCUT2D eigenvalue weighted by Gasteiger charge is -2.13. The van der Waals surface area contributed by atoms with Gasteiger partial charge in [0.1, 0.15) is 0 Å². The Morgan fingerprint density at radius 1 is 1.24 bits per heavy atom. The van der Waals surface area contributed by atoms with Crippen molar-refractivity contribution in [3.8, 4) is 11.5 Å². The molecule has 8 nitrogen and oxygen atoms in total. The Balaban J connectivity index is 2.19. The molecule has 1 fully saturated rings. The number of hydrogen-bond acceptors (Lipinski definition) is 8. The number of halogens is 1. The summed E-state index contributed by atoms with van der Waals surface area (Å²) in [4.78, 5) is 37.7. The van der Waals surface area contributed by atoms with E-state index in [1.807, 2.05) is 0 Å². The van der Waals surface area contributed by atoms with E-state index >= 15 is 0 Å². The highest BCUT2D eigenvalue weighted by atomic mass is 79.9. The van der Waals surface area contributed by atoms with Crippen LogP contribution in [0.25, 0.3) is 6.08 Å². The predicted octanol–water partition coefficient (Wildman–Crippen LogP) is 3.47. The molecule has 0 radical (unpaired) electrons. The molecule has 0 aliphatic carbocycles. The summed E-state index contributed by atoms with van der Waals surface area (Å²) in [6.07, 6.45) is 2.19. The molecular weight excluding hydrogens is 466 g/mol. The SMILES string of the molecule is CCOC(=O)COc1cc(Br)c(/C=C2/SC(=O)N(CCCOC)C2=O)cc1OC. The third-order valence-electron chi connectivity index (χ3n) is 3.82. The number of carbonyl (C=O) groups excluding carboxylic acids is 3. The van der Waals surface area contributed by atoms with Crippen LogP contribution in [-0.4, -0.2) is 62.6 Å². The highest BCUT2D eigenvalue weighted by Crippen LogP contribution is 2.38. The molecule has 0 spiro atoms. The summed E-state index contributed by atoms with van der Waals surface area (Å²) in [5, 5.41) is -0.310. The molecule has 0 saturated carbocycles. The zero-order valence-corrected chi connectivity index (χ0v) is 18.8. The van der Waals surface area contributed by atoms with Crippen molar-refractivity contribution in [2.24, 2.45) is 0 Å². The van der Waals surface area contributed by atoms with Gasteiger partial charge in [-0.2, -0.15) is 0 Å². The van der Waals surface area contributed by atoms with Gasteiger partial charge in [-0.05, 0) is 48.9 Å². The number of thioether (sulfide) groups is 1. The molecule has 1 aliphatic rings. The zero-order valence-electron chi connectivity index (χ0n) is 16.4. The van der Waals surface area contributed by atoms with Gasteiger partial charge in [0, 0.05) is 24.7 Å². The topological polar surface area (TPSA) is 91.4 Å². The van der Waals surface area contributed by atoms with Gasteiger partial charge in [-0.15, -0.1) is 0 Å². The van der Waals surface area contributed by atoms with Crippen LogP contribution in [0.2, 0.25) is 0 Å². The largest absolute Gasteiger partial charge is 0.493 e. The van der Waals surface area contributed by atoms with Crippen LogP contribution in [-0.2, 0) is 19.1 Å². The molecule has 2 rings (SSSR count). The molecular formula is C19H22BrNO7S. The minimum Gasteiger partial charge on any atom is -0.493 e. The van der Waals surface area contributed by atoms with Crippen molar-refractivity contribution in [3.05, 3.63) is 27.1 Å². The molecule has 0 aromatic heterocycles. The summed E-state index contributed by atoms with van der Waals surface area (Å²) in [5.41, 5.74) is 0.632. The number of imide groups is 1. The maximum absolute atomic E-state index is 12.5. The number of benzene rings is 1. The Bertz CT molecular complexity index is 812. The van der Waals surface area contributed by atoms with Gasteiger partial charge in [-0.1, -0.05) is 15.9 Å². The van der Waals surface area contributed by atoms with Crippen LogP contribution in [0.5, 0.6) is 11.5 Å². The van der Waals surface area contributed by atoms with Crippen molar-refractivity contribution in [2.75, 3.05) is 40.6 Å². The van der Waals surface area contributed by atoms with Crippen LogP contribution >= 0.6 is 27.7 Å². The van der Waals surface area contributed by atoms with Crippen LogP contribution in [0.4, 0.5) is 4.79 Å². The van der Waals surface area contributed by atoms with E-state index in [9.17, 15) is 14.4 Å². The van der Waals surface area contributed by atoms with E-state index in [4.69, 9.17) is 18.9 Å². The first kappa shape index (κ1) is 23.2. The summed E-state index contributed by atoms with van der Waals surface area (Å²) < 4.78 is 21.2. The average molecular weight is 488 g/mol. The fraction of sp³-hybridized carbons (Fsp3) is 0.421. The molecule has 1 aromatic rings. The van der Waals surface area contributed by atoms with E-state index in [0.29, 0.717) is 46.0 Å². The number of hydrogen-bond donors (Lipinski definition) is 0. The molecule has 0 N–H and O–H groups in total. The molecule has 158 valence electrons. The second kappa shape index (κ2) is 11.2. The van der Waals surface area contributed by atoms with Crippen LogP contribution < -0.4 is 9.47 Å². The van der Waals surface area contributed by atoms with Crippen LogP contribution in [0.3, 0.4) is 0 Å². The molecule has 2 amide bonds. The number of ether oxygens (including phenoxy) is 4. The third kappa shape index (κ3) is 6.22. The van der Waals surface area contributed by atoms with Crippen molar-refractivity contribution in [2.45, 2.75) is 13.3 Å². The van der Waals surface area contributed by atoms with Crippen LogP contribution in [0.1, 0.15) is 18.9 Å². The quantitative estimate of drug-likeness (QED) is 0.281. The molecule has 1 saturated heterocycles. The van der Waals surface area contributed by atoms with Crippen molar-refractivity contribution < 1.29 is 33.3 Å². The highest BCUT2D eigenvalue weighted by molar-refractivity contribution is 9.10. The van der Waals surface area contributed by atoms with Gasteiger partial charge < -0.3 is 18.9 Å². The second-order valence-electron chi connectivity index (χ2n) is 5.80. The van der Waals surface area contributed by atoms with Gasteiger partial charge in [0.25, 0.3) is 11.1 Å². The van der Waals surface area contributed by atoms with Gasteiger partial charge in [-0.25, -0.2) is 4.79 Å². The molecule has 0 bridgehead atoms. The van der Waals surface area contributed by atoms with Crippen molar-refractivity contribution in [3.63, 3.8) is 0 Å². The van der Waals surface area contributed by atoms with Gasteiger partial charge in [0.2, 0.25) is 0 Å². The van der Waals surface area contributed by atoms with E-state index in [-0.39, 0.29) is 24.4 Å². The number of methoxy groups -OCH3 is 2. The minimum absolute atomic E-state index is 0.254. The van der Waals surface area contributed by atoms with Crippen LogP contribution in [0, 0.1) is 0 Å². The van der Waals surface area contributed by atoms with Crippen molar-refractivity contribution in [1.29, 1.82) is 0 Å². The third-order valence-corrected chi connectivity index (χ3v) is 5.42. The van der Waals surface area contributed by atoms with E-state index in [0.717, 1.165) is 11.8 Å². The lowest BCUT2D eigenvalue weighted by atomic mass is 10.2. The standard InChI is InChI=1S/C19H22BrNO7S/c1-4-27-17(22)11-28-15-10-13(20)12(8-14(15)26-3)9-16-18(23)21(19(24)29-16)6-5-7-25-2/h8-10H,4-7,11H2,1-3H3/b16-9+. The average Bonchev–Trinajstić information content (AvgIpc) is 2.95. The van der Waals surface area contributed by atoms with Gasteiger partial charge in [0.05, 0.1) is 18.6 Å². The van der Waals surface area contributed by atoms with Crippen molar-refractivity contribution in [1.82, 2.24) is 4.90 Å². The minimum atomic E-state index is -0.489. The van der Waals surface area contributed by atoms with Crippen molar-refractivity contribution >= 4 is 50.9 Å².